The Morgan fingerprint density at radius 3 is 2.71 bits per heavy atom. The van der Waals surface area contributed by atoms with Crippen LogP contribution in [0.25, 0.3) is 6.08 Å². The fraction of sp³-hybridized carbons (Fsp3) is 0.185. The normalized spacial score (nSPS) is 14.1. The van der Waals surface area contributed by atoms with Gasteiger partial charge in [-0.3, -0.25) is 14.5 Å². The molecule has 0 bridgehead atoms. The van der Waals surface area contributed by atoms with E-state index in [-0.39, 0.29) is 29.6 Å². The third kappa shape index (κ3) is 5.93. The average molecular weight is 597 g/mol. The summed E-state index contributed by atoms with van der Waals surface area (Å²) in [5, 5.41) is 8.87. The van der Waals surface area contributed by atoms with E-state index in [4.69, 9.17) is 13.9 Å². The lowest BCUT2D eigenvalue weighted by atomic mass is 10.1. The number of nitriles is 1. The summed E-state index contributed by atoms with van der Waals surface area (Å²) in [5.41, 5.74) is 1.86. The maximum atomic E-state index is 13.0. The summed E-state index contributed by atoms with van der Waals surface area (Å²) in [4.78, 5) is 38.4. The lowest BCUT2D eigenvalue weighted by molar-refractivity contribution is -0.123. The van der Waals surface area contributed by atoms with E-state index >= 15 is 0 Å². The van der Waals surface area contributed by atoms with Gasteiger partial charge in [-0.25, -0.2) is 4.79 Å². The summed E-state index contributed by atoms with van der Waals surface area (Å²) in [6.45, 7) is 2.24. The van der Waals surface area contributed by atoms with E-state index < -0.39 is 17.1 Å². The maximum absolute atomic E-state index is 13.0. The van der Waals surface area contributed by atoms with Gasteiger partial charge in [0.2, 0.25) is 5.76 Å². The molecule has 1 aromatic heterocycles. The summed E-state index contributed by atoms with van der Waals surface area (Å²) in [6.07, 6.45) is 1.59. The van der Waals surface area contributed by atoms with E-state index in [1.54, 1.807) is 30.3 Å². The molecule has 4 rings (SSSR count). The highest BCUT2D eigenvalue weighted by atomic mass is 79.9. The van der Waals surface area contributed by atoms with Gasteiger partial charge in [-0.05, 0) is 76.6 Å². The minimum Gasteiger partial charge on any atom is -0.490 e. The monoisotopic (exact) mass is 596 g/mol. The second-order valence-electron chi connectivity index (χ2n) is 7.85. The van der Waals surface area contributed by atoms with Crippen molar-refractivity contribution in [1.29, 1.82) is 5.26 Å². The van der Waals surface area contributed by atoms with Gasteiger partial charge in [-0.15, -0.1) is 0 Å². The lowest BCUT2D eigenvalue weighted by Gasteiger charge is -2.15. The number of imide groups is 1. The minimum atomic E-state index is -0.650. The van der Waals surface area contributed by atoms with Gasteiger partial charge in [-0.2, -0.15) is 5.26 Å². The fourth-order valence-corrected chi connectivity index (χ4v) is 5.01. The van der Waals surface area contributed by atoms with E-state index in [1.165, 1.54) is 19.2 Å². The van der Waals surface area contributed by atoms with Crippen LogP contribution in [0.4, 0.5) is 4.79 Å². The zero-order valence-electron chi connectivity index (χ0n) is 20.4. The zero-order valence-corrected chi connectivity index (χ0v) is 22.8. The molecule has 0 radical (unpaired) electrons. The first-order chi connectivity index (χ1) is 18.3. The van der Waals surface area contributed by atoms with E-state index in [2.05, 4.69) is 26.7 Å². The highest BCUT2D eigenvalue weighted by molar-refractivity contribution is 9.10. The number of ether oxygens (including phenoxy) is 3. The Bertz CT molecular complexity index is 1470. The van der Waals surface area contributed by atoms with Gasteiger partial charge in [-0.1, -0.05) is 18.2 Å². The summed E-state index contributed by atoms with van der Waals surface area (Å²) >= 11 is 4.31. The summed E-state index contributed by atoms with van der Waals surface area (Å²) in [6, 6.07) is 15.7. The zero-order chi connectivity index (χ0) is 27.2. The molecule has 194 valence electrons. The molecule has 1 saturated heterocycles. The number of thioether (sulfide) groups is 1. The standard InChI is InChI=1S/C27H21BrN2O7S/c1-3-35-22-11-16(10-20(28)24(22)36-15-18-7-5-4-6-17(18)13-29)12-23-25(31)30(27(33)38-23)14-19-8-9-21(37-19)26(32)34-2/h4-12H,3,14-15H2,1-2H3/b23-12+. The van der Waals surface area contributed by atoms with Crippen molar-refractivity contribution in [2.45, 2.75) is 20.1 Å². The largest absolute Gasteiger partial charge is 0.490 e. The molecule has 0 atom stereocenters. The number of hydrogen-bond donors (Lipinski definition) is 0. The van der Waals surface area contributed by atoms with Crippen LogP contribution in [0.1, 0.15) is 39.9 Å². The molecular weight excluding hydrogens is 576 g/mol. The van der Waals surface area contributed by atoms with E-state index in [1.807, 2.05) is 19.1 Å². The molecule has 2 amide bonds. The van der Waals surface area contributed by atoms with Crippen LogP contribution in [-0.2, 0) is 22.7 Å². The number of esters is 1. The van der Waals surface area contributed by atoms with Crippen LogP contribution in [0.3, 0.4) is 0 Å². The van der Waals surface area contributed by atoms with Gasteiger partial charge in [0, 0.05) is 5.56 Å². The highest BCUT2D eigenvalue weighted by Crippen LogP contribution is 2.40. The number of methoxy groups -OCH3 is 1. The Labute approximate surface area is 231 Å². The fourth-order valence-electron chi connectivity index (χ4n) is 3.60. The number of benzene rings is 2. The number of furan rings is 1. The third-order valence-corrected chi connectivity index (χ3v) is 6.87. The number of hydrogen-bond acceptors (Lipinski definition) is 9. The van der Waals surface area contributed by atoms with Crippen molar-refractivity contribution < 1.29 is 33.0 Å². The third-order valence-electron chi connectivity index (χ3n) is 5.38. The van der Waals surface area contributed by atoms with Crippen molar-refractivity contribution in [1.82, 2.24) is 4.90 Å². The van der Waals surface area contributed by atoms with Gasteiger partial charge in [0.05, 0.1) is 41.3 Å². The van der Waals surface area contributed by atoms with Crippen LogP contribution >= 0.6 is 27.7 Å². The SMILES string of the molecule is CCOc1cc(/C=C2/SC(=O)N(Cc3ccc(C(=O)OC)o3)C2=O)cc(Br)c1OCc1ccccc1C#N. The topological polar surface area (TPSA) is 119 Å². The first kappa shape index (κ1) is 27.0. The van der Waals surface area contributed by atoms with Gasteiger partial charge in [0.15, 0.2) is 11.5 Å². The van der Waals surface area contributed by atoms with E-state index in [9.17, 15) is 19.6 Å². The first-order valence-electron chi connectivity index (χ1n) is 11.3. The van der Waals surface area contributed by atoms with Crippen LogP contribution < -0.4 is 9.47 Å². The van der Waals surface area contributed by atoms with Crippen LogP contribution in [0, 0.1) is 11.3 Å². The van der Waals surface area contributed by atoms with Gasteiger partial charge < -0.3 is 18.6 Å². The van der Waals surface area contributed by atoms with Gasteiger partial charge in [0.1, 0.15) is 12.4 Å². The molecule has 3 aromatic rings. The molecule has 0 N–H and O–H groups in total. The second-order valence-corrected chi connectivity index (χ2v) is 9.69. The minimum absolute atomic E-state index is 0.0169. The van der Waals surface area contributed by atoms with Gasteiger partial charge in [0.25, 0.3) is 11.1 Å². The Balaban J connectivity index is 1.54. The van der Waals surface area contributed by atoms with Gasteiger partial charge >= 0.3 is 5.97 Å². The lowest BCUT2D eigenvalue weighted by Crippen LogP contribution is -2.27. The number of nitrogens with zero attached hydrogens (tertiary/aromatic N) is 2. The number of carbonyl (C=O) groups is 3. The maximum Gasteiger partial charge on any atom is 0.373 e. The average Bonchev–Trinajstić information content (AvgIpc) is 3.48. The van der Waals surface area contributed by atoms with Crippen LogP contribution in [-0.4, -0.2) is 35.7 Å². The summed E-state index contributed by atoms with van der Waals surface area (Å²) < 4.78 is 22.4. The number of amides is 2. The molecule has 11 heteroatoms. The van der Waals surface area contributed by atoms with Crippen molar-refractivity contribution in [2.75, 3.05) is 13.7 Å². The molecule has 2 aromatic carbocycles. The van der Waals surface area contributed by atoms with Crippen LogP contribution in [0.5, 0.6) is 11.5 Å². The van der Waals surface area contributed by atoms with Crippen molar-refractivity contribution in [3.63, 3.8) is 0 Å². The van der Waals surface area contributed by atoms with Crippen molar-refractivity contribution in [2.24, 2.45) is 0 Å². The molecule has 1 aliphatic heterocycles. The molecule has 1 aliphatic rings. The molecule has 0 aliphatic carbocycles. The van der Waals surface area contributed by atoms with Crippen molar-refractivity contribution in [3.8, 4) is 17.6 Å². The van der Waals surface area contributed by atoms with E-state index in [0.29, 0.717) is 33.7 Å². The first-order valence-corrected chi connectivity index (χ1v) is 12.9. The summed E-state index contributed by atoms with van der Waals surface area (Å²) in [5.74, 6) is 0.00420. The molecular formula is C27H21BrN2O7S. The summed E-state index contributed by atoms with van der Waals surface area (Å²) in [7, 11) is 1.23. The molecule has 0 unspecified atom stereocenters. The second kappa shape index (κ2) is 12.0. The van der Waals surface area contributed by atoms with Crippen LogP contribution in [0.2, 0.25) is 0 Å². The molecule has 38 heavy (non-hydrogen) atoms. The van der Waals surface area contributed by atoms with E-state index in [0.717, 1.165) is 22.2 Å². The molecule has 9 nitrogen and oxygen atoms in total. The Morgan fingerprint density at radius 2 is 1.97 bits per heavy atom. The van der Waals surface area contributed by atoms with Crippen molar-refractivity contribution >= 4 is 50.9 Å². The number of halogens is 1. The Kier molecular flexibility index (Phi) is 8.55. The van der Waals surface area contributed by atoms with Crippen LogP contribution in [0.15, 0.2) is 62.3 Å². The molecule has 1 fully saturated rings. The quantitative estimate of drug-likeness (QED) is 0.219. The predicted molar refractivity (Wildman–Crippen MR) is 142 cm³/mol. The van der Waals surface area contributed by atoms with Crippen molar-refractivity contribution in [3.05, 3.63) is 86.1 Å². The predicted octanol–water partition coefficient (Wildman–Crippen LogP) is 5.91. The molecule has 2 heterocycles. The highest BCUT2D eigenvalue weighted by Gasteiger charge is 2.36. The Morgan fingerprint density at radius 1 is 1.18 bits per heavy atom. The molecule has 0 spiro atoms. The Hall–Kier alpha value is -4.01. The number of carbonyl (C=O) groups excluding carboxylic acids is 3. The number of rotatable bonds is 9. The molecule has 0 saturated carbocycles. The smallest absolute Gasteiger partial charge is 0.373 e.